The van der Waals surface area contributed by atoms with E-state index in [1.54, 1.807) is 24.5 Å². The van der Waals surface area contributed by atoms with Gasteiger partial charge < -0.3 is 16.4 Å². The Balaban J connectivity index is 1.78. The fourth-order valence-corrected chi connectivity index (χ4v) is 1.74. The van der Waals surface area contributed by atoms with Crippen molar-refractivity contribution in [2.45, 2.75) is 6.92 Å². The first-order valence-corrected chi connectivity index (χ1v) is 6.31. The number of carbonyl (C=O) groups excluding carboxylic acids is 1. The SMILES string of the molecule is Cc1cc(N)cnc1NCCNC(=O)c1cccnc1. The van der Waals surface area contributed by atoms with Gasteiger partial charge in [-0.25, -0.2) is 4.98 Å². The van der Waals surface area contributed by atoms with Gasteiger partial charge in [0.1, 0.15) is 5.82 Å². The van der Waals surface area contributed by atoms with Crippen molar-refractivity contribution in [2.75, 3.05) is 24.1 Å². The molecule has 0 bridgehead atoms. The van der Waals surface area contributed by atoms with Crippen molar-refractivity contribution in [1.82, 2.24) is 15.3 Å². The predicted octanol–water partition coefficient (Wildman–Crippen LogP) is 1.21. The zero-order chi connectivity index (χ0) is 14.4. The van der Waals surface area contributed by atoms with E-state index in [1.165, 1.54) is 6.20 Å². The molecule has 2 aromatic heterocycles. The Bertz CT molecular complexity index is 585. The fourth-order valence-electron chi connectivity index (χ4n) is 1.74. The largest absolute Gasteiger partial charge is 0.397 e. The van der Waals surface area contributed by atoms with E-state index in [0.29, 0.717) is 24.3 Å². The Morgan fingerprint density at radius 2 is 2.20 bits per heavy atom. The van der Waals surface area contributed by atoms with E-state index < -0.39 is 0 Å². The van der Waals surface area contributed by atoms with Crippen LogP contribution in [0.1, 0.15) is 15.9 Å². The van der Waals surface area contributed by atoms with E-state index in [1.807, 2.05) is 13.0 Å². The van der Waals surface area contributed by atoms with Gasteiger partial charge in [-0.2, -0.15) is 0 Å². The summed E-state index contributed by atoms with van der Waals surface area (Å²) in [6, 6.07) is 5.31. The standard InChI is InChI=1S/C14H17N5O/c1-10-7-12(15)9-19-13(10)17-5-6-18-14(20)11-3-2-4-16-8-11/h2-4,7-9H,5-6,15H2,1H3,(H,17,19)(H,18,20). The second-order valence-corrected chi connectivity index (χ2v) is 4.36. The number of nitrogens with one attached hydrogen (secondary N) is 2. The van der Waals surface area contributed by atoms with E-state index in [-0.39, 0.29) is 5.91 Å². The molecule has 0 atom stereocenters. The Hall–Kier alpha value is -2.63. The second-order valence-electron chi connectivity index (χ2n) is 4.36. The average Bonchev–Trinajstić information content (AvgIpc) is 2.46. The third kappa shape index (κ3) is 3.68. The molecule has 2 aromatic rings. The maximum absolute atomic E-state index is 11.8. The molecule has 4 N–H and O–H groups in total. The predicted molar refractivity (Wildman–Crippen MR) is 78.4 cm³/mol. The first-order chi connectivity index (χ1) is 9.66. The molecule has 0 aliphatic carbocycles. The minimum Gasteiger partial charge on any atom is -0.397 e. The van der Waals surface area contributed by atoms with Crippen molar-refractivity contribution >= 4 is 17.4 Å². The van der Waals surface area contributed by atoms with Crippen molar-refractivity contribution in [1.29, 1.82) is 0 Å². The normalized spacial score (nSPS) is 10.1. The number of hydrogen-bond donors (Lipinski definition) is 3. The highest BCUT2D eigenvalue weighted by Crippen LogP contribution is 2.13. The molecule has 1 amide bonds. The molecule has 0 saturated carbocycles. The molecule has 6 heteroatoms. The summed E-state index contributed by atoms with van der Waals surface area (Å²) in [5, 5.41) is 5.96. The minimum absolute atomic E-state index is 0.137. The Labute approximate surface area is 117 Å². The van der Waals surface area contributed by atoms with Crippen LogP contribution in [0, 0.1) is 6.92 Å². The average molecular weight is 271 g/mol. The van der Waals surface area contributed by atoms with Crippen LogP contribution >= 0.6 is 0 Å². The highest BCUT2D eigenvalue weighted by molar-refractivity contribution is 5.93. The van der Waals surface area contributed by atoms with Crippen LogP contribution in [0.5, 0.6) is 0 Å². The monoisotopic (exact) mass is 271 g/mol. The van der Waals surface area contributed by atoms with Gasteiger partial charge in [0, 0.05) is 25.5 Å². The lowest BCUT2D eigenvalue weighted by Crippen LogP contribution is -2.29. The van der Waals surface area contributed by atoms with E-state index in [4.69, 9.17) is 5.73 Å². The van der Waals surface area contributed by atoms with Gasteiger partial charge in [-0.15, -0.1) is 0 Å². The highest BCUT2D eigenvalue weighted by atomic mass is 16.1. The van der Waals surface area contributed by atoms with Crippen molar-refractivity contribution in [3.05, 3.63) is 47.9 Å². The van der Waals surface area contributed by atoms with Crippen LogP contribution in [-0.4, -0.2) is 29.0 Å². The molecular formula is C14H17N5O. The summed E-state index contributed by atoms with van der Waals surface area (Å²) >= 11 is 0. The van der Waals surface area contributed by atoms with Crippen LogP contribution in [0.3, 0.4) is 0 Å². The van der Waals surface area contributed by atoms with Crippen LogP contribution in [-0.2, 0) is 0 Å². The van der Waals surface area contributed by atoms with Crippen LogP contribution in [0.2, 0.25) is 0 Å². The van der Waals surface area contributed by atoms with Crippen molar-refractivity contribution in [3.63, 3.8) is 0 Å². The first-order valence-electron chi connectivity index (χ1n) is 6.31. The second kappa shape index (κ2) is 6.51. The number of nitrogens with two attached hydrogens (primary N) is 1. The summed E-state index contributed by atoms with van der Waals surface area (Å²) in [7, 11) is 0. The third-order valence-corrected chi connectivity index (χ3v) is 2.73. The number of nitrogen functional groups attached to an aromatic ring is 1. The number of nitrogens with zero attached hydrogens (tertiary/aromatic N) is 2. The van der Waals surface area contributed by atoms with E-state index in [9.17, 15) is 4.79 Å². The summed E-state index contributed by atoms with van der Waals surface area (Å²) in [5.41, 5.74) is 7.80. The van der Waals surface area contributed by atoms with Crippen molar-refractivity contribution in [3.8, 4) is 0 Å². The number of rotatable bonds is 5. The number of amides is 1. The topological polar surface area (TPSA) is 92.9 Å². The summed E-state index contributed by atoms with van der Waals surface area (Å²) in [5.74, 6) is 0.636. The molecule has 20 heavy (non-hydrogen) atoms. The zero-order valence-corrected chi connectivity index (χ0v) is 11.3. The van der Waals surface area contributed by atoms with Gasteiger partial charge >= 0.3 is 0 Å². The van der Waals surface area contributed by atoms with Gasteiger partial charge in [0.25, 0.3) is 5.91 Å². The number of pyridine rings is 2. The summed E-state index contributed by atoms with van der Waals surface area (Å²) in [6.45, 7) is 3.02. The molecule has 0 aliphatic rings. The molecule has 0 saturated heterocycles. The zero-order valence-electron chi connectivity index (χ0n) is 11.3. The highest BCUT2D eigenvalue weighted by Gasteiger charge is 2.04. The van der Waals surface area contributed by atoms with E-state index in [0.717, 1.165) is 11.4 Å². The van der Waals surface area contributed by atoms with Crippen LogP contribution < -0.4 is 16.4 Å². The number of anilines is 2. The number of aromatic nitrogens is 2. The molecule has 104 valence electrons. The van der Waals surface area contributed by atoms with Gasteiger partial charge in [-0.05, 0) is 30.7 Å². The number of hydrogen-bond acceptors (Lipinski definition) is 5. The molecule has 0 unspecified atom stereocenters. The molecule has 0 radical (unpaired) electrons. The van der Waals surface area contributed by atoms with Gasteiger partial charge in [-0.1, -0.05) is 0 Å². The minimum atomic E-state index is -0.137. The molecule has 2 rings (SSSR count). The first kappa shape index (κ1) is 13.8. The lowest BCUT2D eigenvalue weighted by atomic mass is 10.2. The van der Waals surface area contributed by atoms with Crippen molar-refractivity contribution < 1.29 is 4.79 Å². The van der Waals surface area contributed by atoms with Gasteiger partial charge in [0.05, 0.1) is 17.4 Å². The fraction of sp³-hybridized carbons (Fsp3) is 0.214. The molecule has 0 fully saturated rings. The van der Waals surface area contributed by atoms with Gasteiger partial charge in [0.2, 0.25) is 0 Å². The molecule has 2 heterocycles. The van der Waals surface area contributed by atoms with Crippen LogP contribution in [0.15, 0.2) is 36.8 Å². The Morgan fingerprint density at radius 1 is 1.35 bits per heavy atom. The third-order valence-electron chi connectivity index (χ3n) is 2.73. The molecular weight excluding hydrogens is 254 g/mol. The maximum Gasteiger partial charge on any atom is 0.252 e. The molecule has 0 aliphatic heterocycles. The van der Waals surface area contributed by atoms with E-state index in [2.05, 4.69) is 20.6 Å². The number of carbonyl (C=O) groups is 1. The summed E-state index contributed by atoms with van der Waals surface area (Å²) in [6.07, 6.45) is 4.77. The van der Waals surface area contributed by atoms with E-state index >= 15 is 0 Å². The molecule has 0 spiro atoms. The molecule has 6 nitrogen and oxygen atoms in total. The summed E-state index contributed by atoms with van der Waals surface area (Å²) in [4.78, 5) is 19.9. The number of aryl methyl sites for hydroxylation is 1. The smallest absolute Gasteiger partial charge is 0.252 e. The Kier molecular flexibility index (Phi) is 4.49. The summed E-state index contributed by atoms with van der Waals surface area (Å²) < 4.78 is 0. The lowest BCUT2D eigenvalue weighted by molar-refractivity contribution is 0.0955. The lowest BCUT2D eigenvalue weighted by Gasteiger charge is -2.09. The van der Waals surface area contributed by atoms with Crippen LogP contribution in [0.25, 0.3) is 0 Å². The molecule has 0 aromatic carbocycles. The van der Waals surface area contributed by atoms with Gasteiger partial charge in [-0.3, -0.25) is 9.78 Å². The Morgan fingerprint density at radius 3 is 2.90 bits per heavy atom. The van der Waals surface area contributed by atoms with Crippen molar-refractivity contribution in [2.24, 2.45) is 0 Å². The van der Waals surface area contributed by atoms with Crippen LogP contribution in [0.4, 0.5) is 11.5 Å². The van der Waals surface area contributed by atoms with Gasteiger partial charge in [0.15, 0.2) is 0 Å². The quantitative estimate of drug-likeness (QED) is 0.711. The maximum atomic E-state index is 11.8.